The number of hydrogen-bond acceptors (Lipinski definition) is 3. The molecule has 1 heterocycles. The quantitative estimate of drug-likeness (QED) is 0.549. The number of piperazine rings is 1. The highest BCUT2D eigenvalue weighted by Crippen LogP contribution is 2.14. The van der Waals surface area contributed by atoms with Crippen LogP contribution in [0.15, 0.2) is 53.5 Å². The number of carbonyl (C=O) groups excluding carboxylic acids is 1. The highest BCUT2D eigenvalue weighted by Gasteiger charge is 2.19. The van der Waals surface area contributed by atoms with Crippen molar-refractivity contribution in [3.05, 3.63) is 70.2 Å². The summed E-state index contributed by atoms with van der Waals surface area (Å²) in [5.74, 6) is 0.871. The van der Waals surface area contributed by atoms with Gasteiger partial charge in [-0.25, -0.2) is 0 Å². The van der Waals surface area contributed by atoms with Gasteiger partial charge in [-0.05, 0) is 41.8 Å². The Kier molecular flexibility index (Phi) is 8.11. The van der Waals surface area contributed by atoms with Crippen molar-refractivity contribution < 1.29 is 4.79 Å². The third-order valence-electron chi connectivity index (χ3n) is 5.29. The largest absolute Gasteiger partial charge is 0.356 e. The van der Waals surface area contributed by atoms with Gasteiger partial charge in [-0.15, -0.1) is 0 Å². The lowest BCUT2D eigenvalue weighted by atomic mass is 10.1. The van der Waals surface area contributed by atoms with Gasteiger partial charge in [-0.1, -0.05) is 35.9 Å². The van der Waals surface area contributed by atoms with Crippen molar-refractivity contribution in [2.45, 2.75) is 13.0 Å². The van der Waals surface area contributed by atoms with Gasteiger partial charge in [0, 0.05) is 63.9 Å². The fourth-order valence-corrected chi connectivity index (χ4v) is 3.89. The Bertz CT molecular complexity index is 877. The summed E-state index contributed by atoms with van der Waals surface area (Å²) in [7, 11) is 3.47. The molecule has 0 radical (unpaired) electrons. The van der Waals surface area contributed by atoms with Crippen molar-refractivity contribution in [2.75, 3.05) is 46.8 Å². The minimum atomic E-state index is -0.0590. The lowest BCUT2D eigenvalue weighted by molar-refractivity contribution is 0.0963. The fourth-order valence-electron chi connectivity index (χ4n) is 3.67. The van der Waals surface area contributed by atoms with Crippen LogP contribution < -0.4 is 10.6 Å². The van der Waals surface area contributed by atoms with Gasteiger partial charge in [-0.3, -0.25) is 14.7 Å². The predicted octanol–water partition coefficient (Wildman–Crippen LogP) is 2.64. The Morgan fingerprint density at radius 3 is 2.50 bits per heavy atom. The number of halogens is 1. The highest BCUT2D eigenvalue weighted by atomic mass is 35.5. The summed E-state index contributed by atoms with van der Waals surface area (Å²) in [5.41, 5.74) is 3.07. The molecule has 0 aromatic heterocycles. The second kappa shape index (κ2) is 11.0. The molecule has 0 bridgehead atoms. The number of guanidine groups is 1. The van der Waals surface area contributed by atoms with Crippen molar-refractivity contribution in [1.29, 1.82) is 0 Å². The number of nitrogens with zero attached hydrogens (tertiary/aromatic N) is 3. The molecule has 1 amide bonds. The number of rotatable bonds is 6. The number of aliphatic imine (C=N–C) groups is 1. The lowest BCUT2D eigenvalue weighted by Crippen LogP contribution is -2.52. The molecule has 0 aliphatic carbocycles. The lowest BCUT2D eigenvalue weighted by Gasteiger charge is -2.36. The minimum Gasteiger partial charge on any atom is -0.356 e. The molecule has 2 aromatic carbocycles. The van der Waals surface area contributed by atoms with E-state index in [9.17, 15) is 4.79 Å². The van der Waals surface area contributed by atoms with Crippen LogP contribution in [0.2, 0.25) is 5.02 Å². The Morgan fingerprint density at radius 1 is 1.07 bits per heavy atom. The van der Waals surface area contributed by atoms with Gasteiger partial charge in [0.15, 0.2) is 5.96 Å². The Morgan fingerprint density at radius 2 is 1.80 bits per heavy atom. The second-order valence-corrected chi connectivity index (χ2v) is 7.83. The van der Waals surface area contributed by atoms with Crippen molar-refractivity contribution >= 4 is 23.5 Å². The summed E-state index contributed by atoms with van der Waals surface area (Å²) in [6.45, 7) is 5.54. The van der Waals surface area contributed by atoms with E-state index in [-0.39, 0.29) is 5.91 Å². The summed E-state index contributed by atoms with van der Waals surface area (Å²) in [6, 6.07) is 15.8. The van der Waals surface area contributed by atoms with E-state index >= 15 is 0 Å². The average Bonchev–Trinajstić information content (AvgIpc) is 2.77. The molecule has 7 heteroatoms. The van der Waals surface area contributed by atoms with Crippen LogP contribution in [0.1, 0.15) is 21.5 Å². The number of amides is 1. The van der Waals surface area contributed by atoms with Crippen LogP contribution in [0, 0.1) is 0 Å². The molecule has 1 aliphatic heterocycles. The average molecular weight is 428 g/mol. The van der Waals surface area contributed by atoms with Gasteiger partial charge in [0.25, 0.3) is 5.91 Å². The van der Waals surface area contributed by atoms with E-state index in [1.807, 2.05) is 49.5 Å². The fraction of sp³-hybridized carbons (Fsp3) is 0.391. The monoisotopic (exact) mass is 427 g/mol. The number of benzene rings is 2. The van der Waals surface area contributed by atoms with E-state index in [1.54, 1.807) is 7.05 Å². The van der Waals surface area contributed by atoms with Gasteiger partial charge in [0.05, 0.1) is 0 Å². The molecule has 0 unspecified atom stereocenters. The van der Waals surface area contributed by atoms with Gasteiger partial charge < -0.3 is 15.5 Å². The second-order valence-electron chi connectivity index (χ2n) is 7.40. The van der Waals surface area contributed by atoms with Crippen LogP contribution in [0.3, 0.4) is 0 Å². The maximum absolute atomic E-state index is 11.8. The van der Waals surface area contributed by atoms with E-state index in [2.05, 4.69) is 31.5 Å². The molecule has 6 nitrogen and oxygen atoms in total. The van der Waals surface area contributed by atoms with Crippen LogP contribution in [-0.4, -0.2) is 68.5 Å². The van der Waals surface area contributed by atoms with Crippen LogP contribution in [-0.2, 0) is 13.0 Å². The van der Waals surface area contributed by atoms with E-state index in [1.165, 1.54) is 5.56 Å². The zero-order valence-electron chi connectivity index (χ0n) is 17.7. The van der Waals surface area contributed by atoms with Gasteiger partial charge in [-0.2, -0.15) is 0 Å². The highest BCUT2D eigenvalue weighted by molar-refractivity contribution is 6.30. The standard InChI is InChI=1S/C23H30ClN5O/c1-25-22(30)20-7-3-5-18(15-20)9-10-27-23(26-2)29-13-11-28(12-14-29)17-19-6-4-8-21(24)16-19/h3-8,15-16H,9-14,17H2,1-2H3,(H,25,30)(H,26,27). The zero-order valence-corrected chi connectivity index (χ0v) is 18.5. The summed E-state index contributed by atoms with van der Waals surface area (Å²) in [4.78, 5) is 21.0. The molecule has 30 heavy (non-hydrogen) atoms. The third kappa shape index (κ3) is 6.21. The predicted molar refractivity (Wildman–Crippen MR) is 123 cm³/mol. The SMILES string of the molecule is CN=C(NCCc1cccc(C(=O)NC)c1)N1CCN(Cc2cccc(Cl)c2)CC1. The van der Waals surface area contributed by atoms with Crippen LogP contribution in [0.4, 0.5) is 0 Å². The maximum Gasteiger partial charge on any atom is 0.251 e. The summed E-state index contributed by atoms with van der Waals surface area (Å²) in [5, 5.41) is 6.92. The van der Waals surface area contributed by atoms with Gasteiger partial charge in [0.2, 0.25) is 0 Å². The van der Waals surface area contributed by atoms with Crippen LogP contribution >= 0.6 is 11.6 Å². The number of hydrogen-bond donors (Lipinski definition) is 2. The minimum absolute atomic E-state index is 0.0590. The first-order chi connectivity index (χ1) is 14.6. The number of nitrogens with one attached hydrogen (secondary N) is 2. The maximum atomic E-state index is 11.8. The molecular formula is C23H30ClN5O. The van der Waals surface area contributed by atoms with Crippen molar-refractivity contribution in [1.82, 2.24) is 20.4 Å². The van der Waals surface area contributed by atoms with E-state index in [0.717, 1.165) is 62.2 Å². The molecule has 2 aromatic rings. The first-order valence-electron chi connectivity index (χ1n) is 10.3. The first kappa shape index (κ1) is 22.1. The molecule has 1 fully saturated rings. The summed E-state index contributed by atoms with van der Waals surface area (Å²) < 4.78 is 0. The molecule has 0 atom stereocenters. The molecular weight excluding hydrogens is 398 g/mol. The molecule has 0 saturated carbocycles. The van der Waals surface area contributed by atoms with Crippen LogP contribution in [0.25, 0.3) is 0 Å². The van der Waals surface area contributed by atoms with E-state index in [0.29, 0.717) is 5.56 Å². The van der Waals surface area contributed by atoms with Crippen molar-refractivity contribution in [3.63, 3.8) is 0 Å². The Balaban J connectivity index is 1.45. The zero-order chi connectivity index (χ0) is 21.3. The van der Waals surface area contributed by atoms with Gasteiger partial charge in [0.1, 0.15) is 0 Å². The molecule has 3 rings (SSSR count). The normalized spacial score (nSPS) is 15.2. The third-order valence-corrected chi connectivity index (χ3v) is 5.53. The van der Waals surface area contributed by atoms with Crippen molar-refractivity contribution in [3.8, 4) is 0 Å². The Hall–Kier alpha value is -2.57. The van der Waals surface area contributed by atoms with Gasteiger partial charge >= 0.3 is 0 Å². The Labute approximate surface area is 183 Å². The number of carbonyl (C=O) groups is 1. The smallest absolute Gasteiger partial charge is 0.251 e. The molecule has 0 spiro atoms. The summed E-state index contributed by atoms with van der Waals surface area (Å²) in [6.07, 6.45) is 0.832. The molecule has 2 N–H and O–H groups in total. The first-order valence-corrected chi connectivity index (χ1v) is 10.7. The molecule has 1 saturated heterocycles. The van der Waals surface area contributed by atoms with Crippen LogP contribution in [0.5, 0.6) is 0 Å². The topological polar surface area (TPSA) is 60.0 Å². The molecule has 160 valence electrons. The van der Waals surface area contributed by atoms with Crippen molar-refractivity contribution in [2.24, 2.45) is 4.99 Å². The van der Waals surface area contributed by atoms with E-state index < -0.39 is 0 Å². The summed E-state index contributed by atoms with van der Waals surface area (Å²) >= 11 is 6.10. The molecule has 1 aliphatic rings. The van der Waals surface area contributed by atoms with E-state index in [4.69, 9.17) is 11.6 Å².